The topological polar surface area (TPSA) is 151 Å². The average molecular weight is 541 g/mol. The Labute approximate surface area is 229 Å². The zero-order valence-corrected chi connectivity index (χ0v) is 23.7. The van der Waals surface area contributed by atoms with E-state index in [1.807, 2.05) is 32.0 Å². The summed E-state index contributed by atoms with van der Waals surface area (Å²) in [4.78, 5) is 53.5. The van der Waals surface area contributed by atoms with Gasteiger partial charge in [0.05, 0.1) is 0 Å². The van der Waals surface area contributed by atoms with Crippen LogP contribution in [0.25, 0.3) is 0 Å². The fourth-order valence-electron chi connectivity index (χ4n) is 4.15. The van der Waals surface area contributed by atoms with Crippen LogP contribution in [0.5, 0.6) is 5.75 Å². The second kappa shape index (κ2) is 13.1. The fraction of sp³-hybridized carbons (Fsp3) is 0.448. The largest absolute Gasteiger partial charge is 0.508 e. The molecule has 0 saturated heterocycles. The van der Waals surface area contributed by atoms with Crippen molar-refractivity contribution in [3.8, 4) is 5.75 Å². The van der Waals surface area contributed by atoms with Gasteiger partial charge in [0.2, 0.25) is 11.8 Å². The number of benzene rings is 2. The molecular weight excluding hydrogens is 500 g/mol. The number of hydrogen-bond acceptors (Lipinski definition) is 6. The minimum atomic E-state index is -1.19. The van der Waals surface area contributed by atoms with Crippen molar-refractivity contribution in [2.45, 2.75) is 85.0 Å². The lowest BCUT2D eigenvalue weighted by molar-refractivity contribution is -0.143. The lowest BCUT2D eigenvalue weighted by Gasteiger charge is -2.37. The molecule has 0 aliphatic carbocycles. The van der Waals surface area contributed by atoms with E-state index in [0.717, 1.165) is 11.1 Å². The number of aromatic hydroxyl groups is 1. The summed E-state index contributed by atoms with van der Waals surface area (Å²) >= 11 is 0. The zero-order valence-electron chi connectivity index (χ0n) is 23.7. The van der Waals surface area contributed by atoms with Gasteiger partial charge in [0.1, 0.15) is 23.4 Å². The molecule has 0 radical (unpaired) electrons. The van der Waals surface area contributed by atoms with Gasteiger partial charge < -0.3 is 31.1 Å². The van der Waals surface area contributed by atoms with E-state index in [1.165, 1.54) is 17.0 Å². The summed E-state index contributed by atoms with van der Waals surface area (Å²) in [6, 6.07) is 8.78. The minimum Gasteiger partial charge on any atom is -0.508 e. The van der Waals surface area contributed by atoms with E-state index in [9.17, 15) is 24.3 Å². The van der Waals surface area contributed by atoms with E-state index < -0.39 is 47.5 Å². The summed E-state index contributed by atoms with van der Waals surface area (Å²) in [6.45, 7) is 12.3. The number of phenols is 1. The van der Waals surface area contributed by atoms with Crippen molar-refractivity contribution in [3.63, 3.8) is 0 Å². The number of carbonyl (C=O) groups is 4. The van der Waals surface area contributed by atoms with E-state index in [2.05, 4.69) is 10.6 Å². The summed E-state index contributed by atoms with van der Waals surface area (Å²) in [5, 5.41) is 15.4. The third-order valence-electron chi connectivity index (χ3n) is 5.94. The van der Waals surface area contributed by atoms with Gasteiger partial charge in [-0.25, -0.2) is 4.79 Å². The highest BCUT2D eigenvalue weighted by Crippen LogP contribution is 2.29. The molecule has 2 rings (SSSR count). The normalized spacial score (nSPS) is 12.8. The third-order valence-corrected chi connectivity index (χ3v) is 5.94. The van der Waals surface area contributed by atoms with Crippen molar-refractivity contribution in [1.82, 2.24) is 10.2 Å². The van der Waals surface area contributed by atoms with Crippen molar-refractivity contribution in [2.75, 3.05) is 5.32 Å². The van der Waals surface area contributed by atoms with Crippen molar-refractivity contribution in [3.05, 3.63) is 59.2 Å². The van der Waals surface area contributed by atoms with Crippen molar-refractivity contribution < 1.29 is 29.0 Å². The van der Waals surface area contributed by atoms with Gasteiger partial charge in [-0.1, -0.05) is 30.3 Å². The van der Waals surface area contributed by atoms with Crippen LogP contribution in [0.4, 0.5) is 10.5 Å². The maximum atomic E-state index is 14.0. The first-order valence-corrected chi connectivity index (χ1v) is 12.9. The quantitative estimate of drug-likeness (QED) is 0.356. The molecule has 2 aromatic rings. The van der Waals surface area contributed by atoms with E-state index in [1.54, 1.807) is 46.8 Å². The number of alkyl carbamates (subject to hydrolysis) is 1. The number of aryl methyl sites for hydroxylation is 2. The van der Waals surface area contributed by atoms with Crippen molar-refractivity contribution in [2.24, 2.45) is 5.73 Å². The van der Waals surface area contributed by atoms with E-state index in [-0.39, 0.29) is 18.6 Å². The Kier molecular flexibility index (Phi) is 10.5. The van der Waals surface area contributed by atoms with Gasteiger partial charge in [-0.15, -0.1) is 0 Å². The average Bonchev–Trinajstić information content (AvgIpc) is 2.81. The van der Waals surface area contributed by atoms with Gasteiger partial charge in [-0.3, -0.25) is 14.4 Å². The Morgan fingerprint density at radius 3 is 2.05 bits per heavy atom. The van der Waals surface area contributed by atoms with E-state index in [0.29, 0.717) is 11.3 Å². The molecule has 212 valence electrons. The van der Waals surface area contributed by atoms with Gasteiger partial charge in [-0.05, 0) is 83.7 Å². The molecule has 0 heterocycles. The number of amides is 4. The third kappa shape index (κ3) is 9.01. The highest BCUT2D eigenvalue weighted by atomic mass is 16.6. The summed E-state index contributed by atoms with van der Waals surface area (Å²) in [6.07, 6.45) is -1.09. The highest BCUT2D eigenvalue weighted by molar-refractivity contribution is 6.00. The van der Waals surface area contributed by atoms with Gasteiger partial charge in [0.15, 0.2) is 0 Å². The second-order valence-electron chi connectivity index (χ2n) is 10.8. The molecule has 0 saturated carbocycles. The summed E-state index contributed by atoms with van der Waals surface area (Å²) in [5.41, 5.74) is 7.29. The standard InChI is InChI=1S/C29H40N4O6/c1-17(2)33(27(37)22(15-16-23(30)35)31-28(38)39-29(5,6)7)25(20-11-13-21(34)14-12-20)26(36)32-24-18(3)9-8-10-19(24)4/h8-14,17,22,25,34H,15-16H2,1-7H3,(H2,30,35)(H,31,38)(H,32,36). The first kappa shape index (κ1) is 31.1. The van der Waals surface area contributed by atoms with Crippen LogP contribution in [-0.4, -0.2) is 51.5 Å². The number of ether oxygens (including phenoxy) is 1. The predicted octanol–water partition coefficient (Wildman–Crippen LogP) is 4.08. The lowest BCUT2D eigenvalue weighted by atomic mass is 9.99. The summed E-state index contributed by atoms with van der Waals surface area (Å²) in [5.74, 6) is -1.71. The zero-order chi connectivity index (χ0) is 29.5. The SMILES string of the molecule is Cc1cccc(C)c1NC(=O)C(c1ccc(O)cc1)N(C(=O)C(CCC(N)=O)NC(=O)OC(C)(C)C)C(C)C. The van der Waals surface area contributed by atoms with Crippen molar-refractivity contribution in [1.29, 1.82) is 0 Å². The van der Waals surface area contributed by atoms with Crippen LogP contribution in [0.1, 0.15) is 70.2 Å². The van der Waals surface area contributed by atoms with Crippen LogP contribution in [0.15, 0.2) is 42.5 Å². The number of anilines is 1. The molecule has 2 aromatic carbocycles. The minimum absolute atomic E-state index is 0.000932. The Morgan fingerprint density at radius 2 is 1.56 bits per heavy atom. The number of carbonyl (C=O) groups excluding carboxylic acids is 4. The number of nitrogens with one attached hydrogen (secondary N) is 2. The number of nitrogens with two attached hydrogens (primary N) is 1. The molecule has 39 heavy (non-hydrogen) atoms. The van der Waals surface area contributed by atoms with Crippen LogP contribution in [-0.2, 0) is 19.1 Å². The second-order valence-corrected chi connectivity index (χ2v) is 10.8. The molecule has 5 N–H and O–H groups in total. The lowest BCUT2D eigenvalue weighted by Crippen LogP contribution is -2.54. The molecule has 0 aromatic heterocycles. The first-order valence-electron chi connectivity index (χ1n) is 12.9. The van der Waals surface area contributed by atoms with Crippen molar-refractivity contribution >= 4 is 29.5 Å². The fourth-order valence-corrected chi connectivity index (χ4v) is 4.15. The molecule has 10 heteroatoms. The Morgan fingerprint density at radius 1 is 1.00 bits per heavy atom. The van der Waals surface area contributed by atoms with E-state index >= 15 is 0 Å². The van der Waals surface area contributed by atoms with Gasteiger partial charge >= 0.3 is 6.09 Å². The molecule has 10 nitrogen and oxygen atoms in total. The van der Waals surface area contributed by atoms with Crippen LogP contribution in [0.3, 0.4) is 0 Å². The number of rotatable bonds is 10. The molecule has 0 aliphatic rings. The monoisotopic (exact) mass is 540 g/mol. The van der Waals surface area contributed by atoms with Gasteiger partial charge in [0.25, 0.3) is 5.91 Å². The van der Waals surface area contributed by atoms with Crippen LogP contribution < -0.4 is 16.4 Å². The summed E-state index contributed by atoms with van der Waals surface area (Å²) in [7, 11) is 0. The van der Waals surface area contributed by atoms with Gasteiger partial charge in [-0.2, -0.15) is 0 Å². The highest BCUT2D eigenvalue weighted by Gasteiger charge is 2.38. The number of hydrogen-bond donors (Lipinski definition) is 4. The van der Waals surface area contributed by atoms with E-state index in [4.69, 9.17) is 10.5 Å². The Balaban J connectivity index is 2.55. The number of primary amides is 1. The van der Waals surface area contributed by atoms with Crippen LogP contribution in [0.2, 0.25) is 0 Å². The maximum absolute atomic E-state index is 14.0. The Bertz CT molecular complexity index is 1170. The number of para-hydroxylation sites is 1. The van der Waals surface area contributed by atoms with Crippen LogP contribution >= 0.6 is 0 Å². The molecule has 2 unspecified atom stereocenters. The smallest absolute Gasteiger partial charge is 0.408 e. The summed E-state index contributed by atoms with van der Waals surface area (Å²) < 4.78 is 5.33. The van der Waals surface area contributed by atoms with Crippen LogP contribution in [0, 0.1) is 13.8 Å². The van der Waals surface area contributed by atoms with Gasteiger partial charge in [0, 0.05) is 18.2 Å². The Hall–Kier alpha value is -4.08. The maximum Gasteiger partial charge on any atom is 0.408 e. The first-order chi connectivity index (χ1) is 18.1. The molecule has 0 bridgehead atoms. The molecule has 4 amide bonds. The number of phenolic OH excluding ortho intramolecular Hbond substituents is 1. The molecular formula is C29H40N4O6. The molecule has 0 spiro atoms. The molecule has 0 aliphatic heterocycles. The molecule has 0 fully saturated rings. The molecule has 2 atom stereocenters. The predicted molar refractivity (Wildman–Crippen MR) is 149 cm³/mol. The number of nitrogens with zero attached hydrogens (tertiary/aromatic N) is 1.